The fourth-order valence-corrected chi connectivity index (χ4v) is 0. The molecule has 0 aliphatic rings. The van der Waals surface area contributed by atoms with Crippen LogP contribution in [0, 0.1) is 0 Å². The molecule has 0 fully saturated rings. The summed E-state index contributed by atoms with van der Waals surface area (Å²) in [6, 6.07) is 0. The van der Waals surface area contributed by atoms with Gasteiger partial charge in [-0.05, 0) is 59.5 Å². The molecule has 0 unspecified atom stereocenters. The number of thioether (sulfide) groups is 1. The zero-order chi connectivity index (χ0) is 23.0. The number of hydrogen-bond donors (Lipinski definition) is 0. The second kappa shape index (κ2) is 64.2. The van der Waals surface area contributed by atoms with Gasteiger partial charge < -0.3 is 23.4 Å². The second-order valence-electron chi connectivity index (χ2n) is 4.80. The number of Topliss-reactive ketones (excluding diaryl/α,β-unsaturated/α-hetero) is 1. The molecule has 0 N–H and O–H groups in total. The van der Waals surface area contributed by atoms with Gasteiger partial charge in [0.15, 0.2) is 0 Å². The first kappa shape index (κ1) is 44.8. The molecule has 0 spiro atoms. The lowest BCUT2D eigenvalue weighted by atomic mass is 10.6. The molecular weight excluding hydrogens is 374 g/mol. The van der Waals surface area contributed by atoms with Gasteiger partial charge in [-0.25, -0.2) is 0 Å². The van der Waals surface area contributed by atoms with E-state index in [4.69, 9.17) is 0 Å². The van der Waals surface area contributed by atoms with E-state index in [2.05, 4.69) is 27.5 Å². The molecule has 26 heavy (non-hydrogen) atoms. The fourth-order valence-electron chi connectivity index (χ4n) is 0. The number of ketones is 1. The highest BCUT2D eigenvalue weighted by atomic mass is 32.2. The Labute approximate surface area is 173 Å². The molecule has 0 radical (unpaired) electrons. The van der Waals surface area contributed by atoms with E-state index < -0.39 is 0 Å². The van der Waals surface area contributed by atoms with Crippen LogP contribution >= 0.6 is 23.8 Å². The van der Waals surface area contributed by atoms with E-state index in [1.807, 2.05) is 44.8 Å². The Morgan fingerprint density at radius 1 is 0.846 bits per heavy atom. The van der Waals surface area contributed by atoms with Crippen LogP contribution in [0.15, 0.2) is 0 Å². The quantitative estimate of drug-likeness (QED) is 0.452. The average molecular weight is 422 g/mol. The number of ether oxygens (including phenoxy) is 2. The van der Waals surface area contributed by atoms with Crippen molar-refractivity contribution in [1.29, 1.82) is 0 Å². The Kier molecular flexibility index (Phi) is 111. The van der Waals surface area contributed by atoms with Gasteiger partial charge in [-0.2, -0.15) is 11.8 Å². The average Bonchev–Trinajstić information content (AvgIpc) is 2.48. The Balaban J connectivity index is -0.0000000327. The van der Waals surface area contributed by atoms with E-state index in [0.29, 0.717) is 0 Å². The summed E-state index contributed by atoms with van der Waals surface area (Å²) in [4.78, 5) is 21.0. The first-order valence-corrected chi connectivity index (χ1v) is 10.7. The first-order valence-electron chi connectivity index (χ1n) is 7.89. The van der Waals surface area contributed by atoms with Crippen molar-refractivity contribution < 1.29 is 23.2 Å². The molecule has 0 heterocycles. The summed E-state index contributed by atoms with van der Waals surface area (Å²) in [6.45, 7) is 8.67. The van der Waals surface area contributed by atoms with Gasteiger partial charge in [-0.15, -0.1) is 0 Å². The van der Waals surface area contributed by atoms with Gasteiger partial charge in [0.2, 0.25) is 0 Å². The van der Waals surface area contributed by atoms with Crippen molar-refractivity contribution in [2.45, 2.75) is 41.0 Å². The number of carbonyl (C=O) groups is 2. The summed E-state index contributed by atoms with van der Waals surface area (Å²) >= 11 is 3.11. The van der Waals surface area contributed by atoms with Crippen molar-refractivity contribution in [3.8, 4) is 0 Å². The molecule has 0 aromatic heterocycles. The Morgan fingerprint density at radius 3 is 0.923 bits per heavy atom. The summed E-state index contributed by atoms with van der Waals surface area (Å²) in [5.74, 6) is -0.0787. The molecule has 6 nitrogen and oxygen atoms in total. The Morgan fingerprint density at radius 2 is 0.923 bits per heavy atom. The summed E-state index contributed by atoms with van der Waals surface area (Å²) < 4.78 is 12.8. The number of carbonyl (C=O) groups excluding carboxylic acids is 2. The van der Waals surface area contributed by atoms with Crippen molar-refractivity contribution in [2.24, 2.45) is 0 Å². The lowest BCUT2D eigenvalue weighted by Gasteiger charge is -1.90. The van der Waals surface area contributed by atoms with Crippen LogP contribution in [0.5, 0.6) is 0 Å². The number of nitrogens with zero attached hydrogens (tertiary/aromatic N) is 1. The van der Waals surface area contributed by atoms with Gasteiger partial charge in [0.05, 0.1) is 14.2 Å². The van der Waals surface area contributed by atoms with Gasteiger partial charge in [0.1, 0.15) is 5.78 Å². The molecule has 0 saturated carbocycles. The van der Waals surface area contributed by atoms with Crippen LogP contribution in [0.2, 0.25) is 0 Å². The van der Waals surface area contributed by atoms with Gasteiger partial charge >= 0.3 is 5.97 Å². The van der Waals surface area contributed by atoms with Crippen molar-refractivity contribution in [1.82, 2.24) is 4.90 Å². The van der Waals surface area contributed by atoms with Crippen LogP contribution in [-0.2, 0) is 23.2 Å². The highest BCUT2D eigenvalue weighted by Gasteiger charge is 1.75. The van der Waals surface area contributed by atoms with Crippen molar-refractivity contribution in [3.63, 3.8) is 0 Å². The molecule has 0 aliphatic heterocycles. The van der Waals surface area contributed by atoms with E-state index in [1.165, 1.54) is 46.3 Å². The smallest absolute Gasteiger partial charge is 0.302 e. The summed E-state index contributed by atoms with van der Waals surface area (Å²) in [7, 11) is 12.2. The van der Waals surface area contributed by atoms with Crippen LogP contribution < -0.4 is 0 Å². The summed E-state index contributed by atoms with van der Waals surface area (Å²) in [5.41, 5.74) is 0. The minimum absolute atomic E-state index is 0.167. The predicted octanol–water partition coefficient (Wildman–Crippen LogP) is 4.52. The largest absolute Gasteiger partial charge is 0.469 e. The molecular formula is C18H47NO5S2. The van der Waals surface area contributed by atoms with E-state index >= 15 is 0 Å². The minimum Gasteiger partial charge on any atom is -0.469 e. The van der Waals surface area contributed by atoms with E-state index in [9.17, 15) is 9.59 Å². The monoisotopic (exact) mass is 421 g/mol. The third-order valence-electron chi connectivity index (χ3n) is 0.454. The maximum atomic E-state index is 9.59. The Hall–Kier alpha value is -0.280. The fraction of sp³-hybridized carbons (Fsp3) is 0.889. The van der Waals surface area contributed by atoms with Crippen LogP contribution in [0.4, 0.5) is 0 Å². The van der Waals surface area contributed by atoms with Crippen LogP contribution in [0.1, 0.15) is 41.0 Å². The highest BCUT2D eigenvalue weighted by Crippen LogP contribution is 1.84. The van der Waals surface area contributed by atoms with Crippen molar-refractivity contribution in [2.75, 3.05) is 68.3 Å². The van der Waals surface area contributed by atoms with Crippen LogP contribution in [0.25, 0.3) is 0 Å². The zero-order valence-electron chi connectivity index (χ0n) is 20.0. The summed E-state index contributed by atoms with van der Waals surface area (Å²) in [5, 5.41) is 0. The molecule has 0 amide bonds. The molecule has 0 aromatic carbocycles. The molecule has 0 aliphatic carbocycles. The molecule has 8 heteroatoms. The highest BCUT2D eigenvalue weighted by molar-refractivity contribution is 7.97. The predicted molar refractivity (Wildman–Crippen MR) is 123 cm³/mol. The topological polar surface area (TPSA) is 65.1 Å². The number of rotatable bonds is 1. The second-order valence-corrected chi connectivity index (χ2v) is 6.29. The normalized spacial score (nSPS) is 6.92. The summed E-state index contributed by atoms with van der Waals surface area (Å²) in [6.07, 6.45) is 7.21. The molecule has 0 aromatic rings. The SMILES string of the molecule is CC(C)=O.CCC.CN(C)C.COC.COC(C)=O.COSC.CSC. The molecule has 166 valence electrons. The molecule has 0 atom stereocenters. The standard InChI is InChI=1S/C3H9N.C3H6O2.C3H6O.C3H8.C2H6OS.C2H6O.C2H6S/c1-4(2)3;1-3(4)5-2;1-3(2)4;1-3-2;1-3-4-2;2*1-3-2/h1-3H3;1-2H3;1-2H3;3H2,1-2H3;1-2H3;2*1-2H3. The van der Waals surface area contributed by atoms with Gasteiger partial charge in [0.25, 0.3) is 0 Å². The van der Waals surface area contributed by atoms with Gasteiger partial charge in [0, 0.05) is 27.4 Å². The lowest BCUT2D eigenvalue weighted by Crippen LogP contribution is -1.99. The molecule has 0 rings (SSSR count). The number of hydrogen-bond acceptors (Lipinski definition) is 8. The van der Waals surface area contributed by atoms with Crippen LogP contribution in [0.3, 0.4) is 0 Å². The number of methoxy groups -OCH3 is 2. The van der Waals surface area contributed by atoms with Gasteiger partial charge in [-0.3, -0.25) is 4.79 Å². The third kappa shape index (κ3) is 1650. The van der Waals surface area contributed by atoms with Crippen LogP contribution in [-0.4, -0.2) is 85.0 Å². The maximum Gasteiger partial charge on any atom is 0.302 e. The van der Waals surface area contributed by atoms with Crippen molar-refractivity contribution in [3.05, 3.63) is 0 Å². The maximum absolute atomic E-state index is 9.59. The molecule has 0 bridgehead atoms. The minimum atomic E-state index is -0.245. The lowest BCUT2D eigenvalue weighted by molar-refractivity contribution is -0.137. The first-order chi connectivity index (χ1) is 11.9. The third-order valence-corrected chi connectivity index (χ3v) is 0.787. The molecule has 0 saturated heterocycles. The van der Waals surface area contributed by atoms with E-state index in [1.54, 1.807) is 33.1 Å². The van der Waals surface area contributed by atoms with E-state index in [0.717, 1.165) is 0 Å². The Bertz CT molecular complexity index is 195. The van der Waals surface area contributed by atoms with Gasteiger partial charge in [-0.1, -0.05) is 20.3 Å². The zero-order valence-corrected chi connectivity index (χ0v) is 21.6. The number of esters is 1. The van der Waals surface area contributed by atoms with E-state index in [-0.39, 0.29) is 11.8 Å². The van der Waals surface area contributed by atoms with Crippen molar-refractivity contribution >= 4 is 35.6 Å².